The summed E-state index contributed by atoms with van der Waals surface area (Å²) in [5.41, 5.74) is -0.682. The molecule has 1 atom stereocenters. The lowest BCUT2D eigenvalue weighted by atomic mass is 10.1. The summed E-state index contributed by atoms with van der Waals surface area (Å²) in [4.78, 5) is 35.0. The number of nitrogens with one attached hydrogen (secondary N) is 1. The van der Waals surface area contributed by atoms with Gasteiger partial charge in [-0.1, -0.05) is 13.8 Å². The fraction of sp³-hybridized carbons (Fsp3) is 0.800. The SMILES string of the molecule is COC(=O)CC[C@H](NC(=O)OC(C)(C)C)C(=O)OCC(C)C. The van der Waals surface area contributed by atoms with E-state index in [0.717, 1.165) is 0 Å². The first-order valence-electron chi connectivity index (χ1n) is 7.28. The quantitative estimate of drug-likeness (QED) is 0.570. The maximum atomic E-state index is 12.0. The van der Waals surface area contributed by atoms with Gasteiger partial charge in [0.25, 0.3) is 0 Å². The zero-order valence-electron chi connectivity index (χ0n) is 14.2. The molecule has 0 aromatic carbocycles. The topological polar surface area (TPSA) is 90.9 Å². The average molecular weight is 317 g/mol. The third-order valence-corrected chi connectivity index (χ3v) is 2.40. The van der Waals surface area contributed by atoms with Crippen LogP contribution in [-0.2, 0) is 23.8 Å². The Balaban J connectivity index is 4.66. The van der Waals surface area contributed by atoms with Gasteiger partial charge < -0.3 is 19.5 Å². The number of esters is 2. The van der Waals surface area contributed by atoms with Crippen molar-refractivity contribution >= 4 is 18.0 Å². The normalized spacial score (nSPS) is 12.5. The van der Waals surface area contributed by atoms with Gasteiger partial charge in [-0.05, 0) is 33.1 Å². The Bertz CT molecular complexity index is 386. The van der Waals surface area contributed by atoms with Crippen LogP contribution in [-0.4, -0.2) is 43.4 Å². The van der Waals surface area contributed by atoms with Crippen LogP contribution in [0.1, 0.15) is 47.5 Å². The molecule has 0 aromatic heterocycles. The zero-order valence-corrected chi connectivity index (χ0v) is 14.2. The molecule has 0 saturated carbocycles. The molecule has 0 radical (unpaired) electrons. The van der Waals surface area contributed by atoms with Gasteiger partial charge in [0.15, 0.2) is 0 Å². The molecular weight excluding hydrogens is 290 g/mol. The molecule has 0 aliphatic rings. The Morgan fingerprint density at radius 1 is 1.14 bits per heavy atom. The lowest BCUT2D eigenvalue weighted by Gasteiger charge is -2.23. The van der Waals surface area contributed by atoms with Crippen molar-refractivity contribution in [3.63, 3.8) is 0 Å². The van der Waals surface area contributed by atoms with Crippen molar-refractivity contribution in [2.24, 2.45) is 5.92 Å². The van der Waals surface area contributed by atoms with Crippen LogP contribution in [0.3, 0.4) is 0 Å². The summed E-state index contributed by atoms with van der Waals surface area (Å²) < 4.78 is 14.7. The molecule has 0 fully saturated rings. The first-order valence-corrected chi connectivity index (χ1v) is 7.28. The van der Waals surface area contributed by atoms with Gasteiger partial charge in [0, 0.05) is 6.42 Å². The van der Waals surface area contributed by atoms with Crippen molar-refractivity contribution in [1.29, 1.82) is 0 Å². The van der Waals surface area contributed by atoms with Crippen LogP contribution in [0.4, 0.5) is 4.79 Å². The second-order valence-electron chi connectivity index (χ2n) is 6.34. The minimum Gasteiger partial charge on any atom is -0.469 e. The van der Waals surface area contributed by atoms with Crippen molar-refractivity contribution in [1.82, 2.24) is 5.32 Å². The monoisotopic (exact) mass is 317 g/mol. The van der Waals surface area contributed by atoms with E-state index in [9.17, 15) is 14.4 Å². The van der Waals surface area contributed by atoms with E-state index < -0.39 is 29.7 Å². The number of rotatable bonds is 7. The van der Waals surface area contributed by atoms with Gasteiger partial charge in [0.2, 0.25) is 0 Å². The van der Waals surface area contributed by atoms with Crippen LogP contribution in [0.25, 0.3) is 0 Å². The molecule has 0 bridgehead atoms. The molecule has 1 amide bonds. The molecule has 0 unspecified atom stereocenters. The Kier molecular flexibility index (Phi) is 8.52. The third kappa shape index (κ3) is 10.0. The number of hydrogen-bond acceptors (Lipinski definition) is 6. The highest BCUT2D eigenvalue weighted by Crippen LogP contribution is 2.09. The van der Waals surface area contributed by atoms with E-state index in [4.69, 9.17) is 9.47 Å². The summed E-state index contributed by atoms with van der Waals surface area (Å²) in [5.74, 6) is -0.886. The molecule has 0 aliphatic heterocycles. The number of methoxy groups -OCH3 is 1. The molecule has 7 nitrogen and oxygen atoms in total. The molecule has 0 aliphatic carbocycles. The maximum absolute atomic E-state index is 12.0. The summed E-state index contributed by atoms with van der Waals surface area (Å²) in [6, 6.07) is -0.951. The van der Waals surface area contributed by atoms with Gasteiger partial charge in [0.05, 0.1) is 13.7 Å². The van der Waals surface area contributed by atoms with Crippen LogP contribution in [0, 0.1) is 5.92 Å². The summed E-state index contributed by atoms with van der Waals surface area (Å²) in [6.07, 6.45) is -0.653. The Labute approximate surface area is 131 Å². The molecular formula is C15H27NO6. The highest BCUT2D eigenvalue weighted by molar-refractivity contribution is 5.82. The summed E-state index contributed by atoms with van der Waals surface area (Å²) >= 11 is 0. The fourth-order valence-electron chi connectivity index (χ4n) is 1.41. The Morgan fingerprint density at radius 3 is 2.18 bits per heavy atom. The van der Waals surface area contributed by atoms with Gasteiger partial charge in [-0.15, -0.1) is 0 Å². The van der Waals surface area contributed by atoms with Crippen molar-refractivity contribution in [3.8, 4) is 0 Å². The highest BCUT2D eigenvalue weighted by Gasteiger charge is 2.26. The van der Waals surface area contributed by atoms with Crippen LogP contribution in [0.15, 0.2) is 0 Å². The average Bonchev–Trinajstić information content (AvgIpc) is 2.38. The van der Waals surface area contributed by atoms with Crippen LogP contribution >= 0.6 is 0 Å². The molecule has 0 rings (SSSR count). The van der Waals surface area contributed by atoms with E-state index in [-0.39, 0.29) is 25.4 Å². The van der Waals surface area contributed by atoms with Crippen molar-refractivity contribution in [2.45, 2.75) is 59.1 Å². The summed E-state index contributed by atoms with van der Waals surface area (Å²) in [5, 5.41) is 2.43. The number of ether oxygens (including phenoxy) is 3. The van der Waals surface area contributed by atoms with Gasteiger partial charge in [-0.25, -0.2) is 9.59 Å². The summed E-state index contributed by atoms with van der Waals surface area (Å²) in [6.45, 7) is 9.19. The minimum atomic E-state index is -0.951. The molecule has 128 valence electrons. The smallest absolute Gasteiger partial charge is 0.408 e. The fourth-order valence-corrected chi connectivity index (χ4v) is 1.41. The third-order valence-electron chi connectivity index (χ3n) is 2.40. The lowest BCUT2D eigenvalue weighted by molar-refractivity contribution is -0.148. The molecule has 22 heavy (non-hydrogen) atoms. The Morgan fingerprint density at radius 2 is 1.73 bits per heavy atom. The molecule has 0 aromatic rings. The van der Waals surface area contributed by atoms with Gasteiger partial charge >= 0.3 is 18.0 Å². The van der Waals surface area contributed by atoms with Crippen molar-refractivity contribution in [3.05, 3.63) is 0 Å². The standard InChI is InChI=1S/C15H27NO6/c1-10(2)9-21-13(18)11(7-8-12(17)20-6)16-14(19)22-15(3,4)5/h10-11H,7-9H2,1-6H3,(H,16,19)/t11-/m0/s1. The van der Waals surface area contributed by atoms with Crippen LogP contribution < -0.4 is 5.32 Å². The molecule has 0 heterocycles. The second-order valence-corrected chi connectivity index (χ2v) is 6.34. The van der Waals surface area contributed by atoms with Crippen LogP contribution in [0.5, 0.6) is 0 Å². The van der Waals surface area contributed by atoms with Gasteiger partial charge in [-0.2, -0.15) is 0 Å². The van der Waals surface area contributed by atoms with E-state index in [2.05, 4.69) is 10.1 Å². The summed E-state index contributed by atoms with van der Waals surface area (Å²) in [7, 11) is 1.26. The molecule has 0 spiro atoms. The number of carbonyl (C=O) groups is 3. The number of alkyl carbamates (subject to hydrolysis) is 1. The van der Waals surface area contributed by atoms with Gasteiger partial charge in [0.1, 0.15) is 11.6 Å². The first-order chi connectivity index (χ1) is 10.0. The predicted octanol–water partition coefficient (Wildman–Crippen LogP) is 2.03. The Hall–Kier alpha value is -1.79. The van der Waals surface area contributed by atoms with E-state index in [1.807, 2.05) is 13.8 Å². The molecule has 1 N–H and O–H groups in total. The van der Waals surface area contributed by atoms with E-state index in [0.29, 0.717) is 0 Å². The zero-order chi connectivity index (χ0) is 17.3. The van der Waals surface area contributed by atoms with Crippen LogP contribution in [0.2, 0.25) is 0 Å². The highest BCUT2D eigenvalue weighted by atomic mass is 16.6. The van der Waals surface area contributed by atoms with E-state index in [1.54, 1.807) is 20.8 Å². The minimum absolute atomic E-state index is 0.00621. The van der Waals surface area contributed by atoms with E-state index >= 15 is 0 Å². The molecule has 0 saturated heterocycles. The second kappa shape index (κ2) is 9.27. The van der Waals surface area contributed by atoms with Gasteiger partial charge in [-0.3, -0.25) is 4.79 Å². The number of hydrogen-bond donors (Lipinski definition) is 1. The first kappa shape index (κ1) is 20.2. The number of amides is 1. The number of carbonyl (C=O) groups excluding carboxylic acids is 3. The lowest BCUT2D eigenvalue weighted by Crippen LogP contribution is -2.44. The largest absolute Gasteiger partial charge is 0.469 e. The predicted molar refractivity (Wildman–Crippen MR) is 80.2 cm³/mol. The van der Waals surface area contributed by atoms with E-state index in [1.165, 1.54) is 7.11 Å². The maximum Gasteiger partial charge on any atom is 0.408 e. The molecule has 7 heteroatoms. The van der Waals surface area contributed by atoms with Crippen molar-refractivity contribution in [2.75, 3.05) is 13.7 Å². The van der Waals surface area contributed by atoms with Crippen molar-refractivity contribution < 1.29 is 28.6 Å².